The number of nitrogens with zero attached hydrogens (tertiary/aromatic N) is 1. The summed E-state index contributed by atoms with van der Waals surface area (Å²) in [5, 5.41) is 9.52. The first kappa shape index (κ1) is 12.3. The lowest BCUT2D eigenvalue weighted by atomic mass is 10.1. The maximum atomic E-state index is 14.2. The quantitative estimate of drug-likeness (QED) is 0.769. The maximum absolute atomic E-state index is 14.2. The van der Waals surface area contributed by atoms with E-state index >= 15 is 0 Å². The van der Waals surface area contributed by atoms with Crippen LogP contribution in [-0.4, -0.2) is 16.1 Å². The van der Waals surface area contributed by atoms with Gasteiger partial charge >= 0.3 is 5.97 Å². The Morgan fingerprint density at radius 2 is 1.70 bits per heavy atom. The van der Waals surface area contributed by atoms with Gasteiger partial charge in [0, 0.05) is 10.9 Å². The Bertz CT molecular complexity index is 800. The molecule has 3 nitrogen and oxygen atoms in total. The fourth-order valence-electron chi connectivity index (χ4n) is 2.09. The van der Waals surface area contributed by atoms with Gasteiger partial charge in [-0.1, -0.05) is 42.5 Å². The third-order valence-corrected chi connectivity index (χ3v) is 3.10. The Morgan fingerprint density at radius 3 is 2.40 bits per heavy atom. The molecule has 0 aliphatic carbocycles. The highest BCUT2D eigenvalue weighted by Crippen LogP contribution is 2.24. The van der Waals surface area contributed by atoms with E-state index in [9.17, 15) is 9.18 Å². The average Bonchev–Trinajstić information content (AvgIpc) is 2.48. The normalized spacial score (nSPS) is 10.7. The van der Waals surface area contributed by atoms with Crippen molar-refractivity contribution in [1.82, 2.24) is 4.98 Å². The fourth-order valence-corrected chi connectivity index (χ4v) is 2.09. The number of carboxylic acid groups (broad SMARTS) is 1. The summed E-state index contributed by atoms with van der Waals surface area (Å²) in [7, 11) is 0. The largest absolute Gasteiger partial charge is 0.478 e. The van der Waals surface area contributed by atoms with Gasteiger partial charge in [0.05, 0.1) is 11.3 Å². The predicted molar refractivity (Wildman–Crippen MR) is 74.1 cm³/mol. The molecule has 0 aliphatic heterocycles. The minimum atomic E-state index is -1.30. The zero-order valence-corrected chi connectivity index (χ0v) is 10.4. The summed E-state index contributed by atoms with van der Waals surface area (Å²) in [5.41, 5.74) is 1.18. The van der Waals surface area contributed by atoms with Gasteiger partial charge < -0.3 is 5.11 Å². The molecule has 0 atom stereocenters. The van der Waals surface area contributed by atoms with Crippen molar-refractivity contribution in [2.75, 3.05) is 0 Å². The summed E-state index contributed by atoms with van der Waals surface area (Å²) >= 11 is 0. The molecule has 1 N–H and O–H groups in total. The van der Waals surface area contributed by atoms with E-state index in [-0.39, 0.29) is 11.1 Å². The minimum Gasteiger partial charge on any atom is -0.478 e. The highest BCUT2D eigenvalue weighted by atomic mass is 19.1. The molecule has 3 rings (SSSR count). The lowest BCUT2D eigenvalue weighted by molar-refractivity contribution is 0.0692. The molecule has 98 valence electrons. The smallest absolute Gasteiger partial charge is 0.338 e. The second-order valence-corrected chi connectivity index (χ2v) is 4.37. The van der Waals surface area contributed by atoms with Gasteiger partial charge in [0.25, 0.3) is 0 Å². The van der Waals surface area contributed by atoms with Crippen molar-refractivity contribution in [3.63, 3.8) is 0 Å². The Balaban J connectivity index is 2.24. The first-order chi connectivity index (χ1) is 9.66. The predicted octanol–water partition coefficient (Wildman–Crippen LogP) is 3.74. The summed E-state index contributed by atoms with van der Waals surface area (Å²) in [4.78, 5) is 15.2. The molecule has 0 radical (unpaired) electrons. The van der Waals surface area contributed by atoms with E-state index in [4.69, 9.17) is 5.11 Å². The van der Waals surface area contributed by atoms with Crippen LogP contribution in [0, 0.1) is 5.82 Å². The van der Waals surface area contributed by atoms with Crippen LogP contribution in [0.25, 0.3) is 22.2 Å². The molecule has 3 aromatic rings. The maximum Gasteiger partial charge on any atom is 0.338 e. The molecular formula is C16H10FNO2. The third kappa shape index (κ3) is 2.01. The summed E-state index contributed by atoms with van der Waals surface area (Å²) in [6.07, 6.45) is 0. The number of fused-ring (bicyclic) bond motifs is 1. The van der Waals surface area contributed by atoms with Crippen molar-refractivity contribution >= 4 is 16.9 Å². The standard InChI is InChI=1S/C16H10FNO2/c17-14-12(16(19)20)8-6-11-7-9-13(18-15(11)14)10-4-2-1-3-5-10/h1-9H,(H,19,20). The van der Waals surface area contributed by atoms with Crippen LogP contribution in [-0.2, 0) is 0 Å². The SMILES string of the molecule is O=C(O)c1ccc2ccc(-c3ccccc3)nc2c1F. The van der Waals surface area contributed by atoms with Gasteiger partial charge in [0.2, 0.25) is 0 Å². The van der Waals surface area contributed by atoms with E-state index < -0.39 is 11.8 Å². The lowest BCUT2D eigenvalue weighted by Gasteiger charge is -2.05. The first-order valence-electron chi connectivity index (χ1n) is 6.05. The van der Waals surface area contributed by atoms with E-state index in [1.165, 1.54) is 6.07 Å². The summed E-state index contributed by atoms with van der Waals surface area (Å²) in [5.74, 6) is -2.09. The van der Waals surface area contributed by atoms with E-state index in [1.54, 1.807) is 18.2 Å². The number of benzene rings is 2. The molecule has 0 saturated carbocycles. The zero-order chi connectivity index (χ0) is 14.1. The second kappa shape index (κ2) is 4.74. The number of aromatic nitrogens is 1. The molecule has 0 fully saturated rings. The summed E-state index contributed by atoms with van der Waals surface area (Å²) < 4.78 is 14.2. The molecule has 2 aromatic carbocycles. The number of halogens is 1. The second-order valence-electron chi connectivity index (χ2n) is 4.37. The monoisotopic (exact) mass is 267 g/mol. The van der Waals surface area contributed by atoms with Gasteiger partial charge in [0.1, 0.15) is 5.52 Å². The van der Waals surface area contributed by atoms with Crippen LogP contribution in [0.15, 0.2) is 54.6 Å². The van der Waals surface area contributed by atoms with E-state index in [0.717, 1.165) is 5.56 Å². The highest BCUT2D eigenvalue weighted by Gasteiger charge is 2.14. The highest BCUT2D eigenvalue weighted by molar-refractivity contribution is 5.94. The van der Waals surface area contributed by atoms with Crippen molar-refractivity contribution in [2.24, 2.45) is 0 Å². The third-order valence-electron chi connectivity index (χ3n) is 3.10. The molecule has 1 aromatic heterocycles. The van der Waals surface area contributed by atoms with Gasteiger partial charge in [-0.05, 0) is 12.1 Å². The number of carbonyl (C=O) groups is 1. The van der Waals surface area contributed by atoms with Crippen LogP contribution >= 0.6 is 0 Å². The average molecular weight is 267 g/mol. The Labute approximate surface area is 114 Å². The summed E-state index contributed by atoms with van der Waals surface area (Å²) in [6, 6.07) is 15.7. The molecule has 0 aliphatic rings. The fraction of sp³-hybridized carbons (Fsp3) is 0. The van der Waals surface area contributed by atoms with Crippen LogP contribution in [0.2, 0.25) is 0 Å². The molecule has 0 amide bonds. The number of aromatic carboxylic acids is 1. The number of pyridine rings is 1. The molecular weight excluding hydrogens is 257 g/mol. The van der Waals surface area contributed by atoms with Crippen molar-refractivity contribution in [3.8, 4) is 11.3 Å². The molecule has 4 heteroatoms. The molecule has 0 saturated heterocycles. The van der Waals surface area contributed by atoms with Crippen molar-refractivity contribution < 1.29 is 14.3 Å². The molecule has 1 heterocycles. The molecule has 0 bridgehead atoms. The van der Waals surface area contributed by atoms with E-state index in [0.29, 0.717) is 11.1 Å². The summed E-state index contributed by atoms with van der Waals surface area (Å²) in [6.45, 7) is 0. The van der Waals surface area contributed by atoms with E-state index in [1.807, 2.05) is 30.3 Å². The van der Waals surface area contributed by atoms with Gasteiger partial charge in [-0.25, -0.2) is 14.2 Å². The van der Waals surface area contributed by atoms with Crippen molar-refractivity contribution in [2.45, 2.75) is 0 Å². The van der Waals surface area contributed by atoms with Gasteiger partial charge in [0.15, 0.2) is 5.82 Å². The Kier molecular flexibility index (Phi) is 2.91. The zero-order valence-electron chi connectivity index (χ0n) is 10.4. The Morgan fingerprint density at radius 1 is 1.00 bits per heavy atom. The van der Waals surface area contributed by atoms with Gasteiger partial charge in [-0.2, -0.15) is 0 Å². The topological polar surface area (TPSA) is 50.2 Å². The van der Waals surface area contributed by atoms with Crippen LogP contribution in [0.3, 0.4) is 0 Å². The van der Waals surface area contributed by atoms with Gasteiger partial charge in [-0.3, -0.25) is 0 Å². The van der Waals surface area contributed by atoms with Crippen LogP contribution in [0.1, 0.15) is 10.4 Å². The number of carboxylic acids is 1. The molecule has 0 spiro atoms. The number of hydrogen-bond donors (Lipinski definition) is 1. The van der Waals surface area contributed by atoms with Crippen molar-refractivity contribution in [1.29, 1.82) is 0 Å². The van der Waals surface area contributed by atoms with Crippen LogP contribution < -0.4 is 0 Å². The van der Waals surface area contributed by atoms with Crippen LogP contribution in [0.4, 0.5) is 4.39 Å². The minimum absolute atomic E-state index is 0.0752. The number of hydrogen-bond acceptors (Lipinski definition) is 2. The lowest BCUT2D eigenvalue weighted by Crippen LogP contribution is -2.01. The molecule has 20 heavy (non-hydrogen) atoms. The Hall–Kier alpha value is -2.75. The van der Waals surface area contributed by atoms with Gasteiger partial charge in [-0.15, -0.1) is 0 Å². The molecule has 0 unspecified atom stereocenters. The van der Waals surface area contributed by atoms with Crippen molar-refractivity contribution in [3.05, 3.63) is 66.0 Å². The van der Waals surface area contributed by atoms with Crippen LogP contribution in [0.5, 0.6) is 0 Å². The number of rotatable bonds is 2. The first-order valence-corrected chi connectivity index (χ1v) is 6.05. The van der Waals surface area contributed by atoms with E-state index in [2.05, 4.69) is 4.98 Å².